The summed E-state index contributed by atoms with van der Waals surface area (Å²) < 4.78 is 0. The highest BCUT2D eigenvalue weighted by molar-refractivity contribution is 5.95. The van der Waals surface area contributed by atoms with Gasteiger partial charge in [0.2, 0.25) is 23.6 Å². The van der Waals surface area contributed by atoms with Gasteiger partial charge in [0.1, 0.15) is 24.0 Å². The number of carbonyl (C=O) groups excluding carboxylic acids is 4. The summed E-state index contributed by atoms with van der Waals surface area (Å²) >= 11 is 0. The molecule has 17 N–H and O–H groups in total. The molecule has 0 spiro atoms. The predicted octanol–water partition coefficient (Wildman–Crippen LogP) is -1.26. The highest BCUT2D eigenvalue weighted by Gasteiger charge is 2.31. The minimum Gasteiger partial charge on any atom is -0.384 e. The lowest BCUT2D eigenvalue weighted by Crippen LogP contribution is -2.58. The number of nitrogens with two attached hydrogens (primary N) is 4. The summed E-state index contributed by atoms with van der Waals surface area (Å²) in [5, 5.41) is 38.7. The maximum Gasteiger partial charge on any atom is 0.243 e. The van der Waals surface area contributed by atoms with Gasteiger partial charge in [0, 0.05) is 31.6 Å². The van der Waals surface area contributed by atoms with Crippen LogP contribution in [0.4, 0.5) is 0 Å². The van der Waals surface area contributed by atoms with Crippen LogP contribution in [0.25, 0.3) is 0 Å². The number of rotatable bonds is 23. The molecule has 3 atom stereocenters. The Balaban J connectivity index is 3.03. The predicted molar refractivity (Wildman–Crippen MR) is 186 cm³/mol. The van der Waals surface area contributed by atoms with Crippen molar-refractivity contribution in [1.82, 2.24) is 31.9 Å². The van der Waals surface area contributed by atoms with Crippen molar-refractivity contribution in [3.8, 4) is 0 Å². The summed E-state index contributed by atoms with van der Waals surface area (Å²) in [6.45, 7) is 4.81. The maximum absolute atomic E-state index is 13.6. The van der Waals surface area contributed by atoms with E-state index >= 15 is 0 Å². The SMILES string of the molecule is CC(C)C(NC(=O)[C@H](CCCNC(=N)N)NC(=O)CCCCCN)C(=O)N[C@@H](CCCNC(=N)N)C(=O)NCc1ccc(C(=N)N)cc1. The number of hydrogen-bond acceptors (Lipinski definition) is 8. The normalized spacial score (nSPS) is 12.6. The van der Waals surface area contributed by atoms with Gasteiger partial charge in [-0.3, -0.25) is 35.4 Å². The van der Waals surface area contributed by atoms with Gasteiger partial charge >= 0.3 is 0 Å². The monoisotopic (exact) mass is 673 g/mol. The molecule has 0 saturated carbocycles. The van der Waals surface area contributed by atoms with Crippen molar-refractivity contribution in [3.05, 3.63) is 35.4 Å². The van der Waals surface area contributed by atoms with Gasteiger partial charge in [-0.05, 0) is 56.6 Å². The molecule has 268 valence electrons. The molecule has 0 heterocycles. The third-order valence-electron chi connectivity index (χ3n) is 7.34. The zero-order valence-corrected chi connectivity index (χ0v) is 28.0. The molecule has 1 rings (SSSR count). The van der Waals surface area contributed by atoms with Gasteiger partial charge in [0.25, 0.3) is 0 Å². The Kier molecular flexibility index (Phi) is 19.3. The number of amidine groups is 1. The van der Waals surface area contributed by atoms with E-state index in [2.05, 4.69) is 31.9 Å². The van der Waals surface area contributed by atoms with Crippen molar-refractivity contribution in [2.45, 2.75) is 89.9 Å². The lowest BCUT2D eigenvalue weighted by molar-refractivity contribution is -0.134. The Bertz CT molecular complexity index is 1220. The third kappa shape index (κ3) is 17.1. The number of amides is 4. The second-order valence-corrected chi connectivity index (χ2v) is 11.8. The van der Waals surface area contributed by atoms with E-state index in [-0.39, 0.29) is 55.4 Å². The minimum atomic E-state index is -1.03. The molecular formula is C31H55N13O4. The number of carbonyl (C=O) groups is 4. The lowest BCUT2D eigenvalue weighted by Gasteiger charge is -2.27. The summed E-state index contributed by atoms with van der Waals surface area (Å²) in [5.41, 5.74) is 23.1. The molecular weight excluding hydrogens is 618 g/mol. The Morgan fingerprint density at radius 1 is 0.688 bits per heavy atom. The fourth-order valence-corrected chi connectivity index (χ4v) is 4.63. The molecule has 0 bridgehead atoms. The fraction of sp³-hybridized carbons (Fsp3) is 0.581. The molecule has 17 heteroatoms. The van der Waals surface area contributed by atoms with E-state index in [0.29, 0.717) is 44.5 Å². The van der Waals surface area contributed by atoms with Crippen LogP contribution in [0.1, 0.15) is 76.3 Å². The van der Waals surface area contributed by atoms with Gasteiger partial charge in [-0.2, -0.15) is 0 Å². The Morgan fingerprint density at radius 2 is 1.25 bits per heavy atom. The van der Waals surface area contributed by atoms with Gasteiger partial charge in [0.15, 0.2) is 11.9 Å². The van der Waals surface area contributed by atoms with E-state index in [1.54, 1.807) is 38.1 Å². The van der Waals surface area contributed by atoms with Crippen LogP contribution < -0.4 is 54.8 Å². The Hall–Kier alpha value is -4.93. The quantitative estimate of drug-likeness (QED) is 0.0371. The summed E-state index contributed by atoms with van der Waals surface area (Å²) in [7, 11) is 0. The average Bonchev–Trinajstić information content (AvgIpc) is 3.03. The first-order valence-electron chi connectivity index (χ1n) is 16.2. The van der Waals surface area contributed by atoms with Crippen molar-refractivity contribution in [2.75, 3.05) is 19.6 Å². The first-order valence-corrected chi connectivity index (χ1v) is 16.2. The van der Waals surface area contributed by atoms with Crippen molar-refractivity contribution in [3.63, 3.8) is 0 Å². The van der Waals surface area contributed by atoms with E-state index in [1.165, 1.54) is 0 Å². The lowest BCUT2D eigenvalue weighted by atomic mass is 10.0. The van der Waals surface area contributed by atoms with E-state index in [1.807, 2.05) is 0 Å². The van der Waals surface area contributed by atoms with Crippen molar-refractivity contribution in [2.24, 2.45) is 28.9 Å². The Morgan fingerprint density at radius 3 is 1.75 bits per heavy atom. The van der Waals surface area contributed by atoms with E-state index < -0.39 is 35.8 Å². The first kappa shape index (κ1) is 41.1. The van der Waals surface area contributed by atoms with E-state index in [0.717, 1.165) is 18.4 Å². The zero-order valence-electron chi connectivity index (χ0n) is 28.0. The zero-order chi connectivity index (χ0) is 36.1. The van der Waals surface area contributed by atoms with Crippen LogP contribution in [-0.2, 0) is 25.7 Å². The topological polar surface area (TPSA) is 316 Å². The molecule has 0 aliphatic heterocycles. The molecule has 4 amide bonds. The fourth-order valence-electron chi connectivity index (χ4n) is 4.63. The average molecular weight is 674 g/mol. The molecule has 1 aromatic rings. The van der Waals surface area contributed by atoms with Gasteiger partial charge < -0.3 is 54.8 Å². The highest BCUT2D eigenvalue weighted by atomic mass is 16.2. The number of nitrogens with one attached hydrogen (secondary N) is 9. The van der Waals surface area contributed by atoms with Gasteiger partial charge in [-0.1, -0.05) is 44.5 Å². The van der Waals surface area contributed by atoms with Crippen LogP contribution in [0.3, 0.4) is 0 Å². The summed E-state index contributed by atoms with van der Waals surface area (Å²) in [5.74, 6) is -2.75. The highest BCUT2D eigenvalue weighted by Crippen LogP contribution is 2.09. The van der Waals surface area contributed by atoms with Gasteiger partial charge in [-0.15, -0.1) is 0 Å². The number of unbranched alkanes of at least 4 members (excludes halogenated alkanes) is 2. The molecule has 1 unspecified atom stereocenters. The number of hydrogen-bond donors (Lipinski definition) is 13. The molecule has 48 heavy (non-hydrogen) atoms. The molecule has 0 aliphatic rings. The smallest absolute Gasteiger partial charge is 0.243 e. The number of nitrogen functional groups attached to an aromatic ring is 1. The van der Waals surface area contributed by atoms with E-state index in [9.17, 15) is 19.2 Å². The van der Waals surface area contributed by atoms with Crippen LogP contribution in [0.5, 0.6) is 0 Å². The third-order valence-corrected chi connectivity index (χ3v) is 7.34. The van der Waals surface area contributed by atoms with Crippen molar-refractivity contribution >= 4 is 41.4 Å². The summed E-state index contributed by atoms with van der Waals surface area (Å²) in [4.78, 5) is 53.0. The molecule has 0 saturated heterocycles. The molecule has 1 aromatic carbocycles. The molecule has 17 nitrogen and oxygen atoms in total. The number of benzene rings is 1. The molecule has 0 fully saturated rings. The molecule has 0 aliphatic carbocycles. The van der Waals surface area contributed by atoms with Crippen molar-refractivity contribution < 1.29 is 19.2 Å². The van der Waals surface area contributed by atoms with Crippen LogP contribution in [0.2, 0.25) is 0 Å². The van der Waals surface area contributed by atoms with E-state index in [4.69, 9.17) is 39.2 Å². The van der Waals surface area contributed by atoms with Gasteiger partial charge in [-0.25, -0.2) is 0 Å². The van der Waals surface area contributed by atoms with Crippen molar-refractivity contribution in [1.29, 1.82) is 16.2 Å². The largest absolute Gasteiger partial charge is 0.384 e. The number of guanidine groups is 2. The molecule has 0 radical (unpaired) electrons. The van der Waals surface area contributed by atoms with Crippen LogP contribution in [-0.4, -0.2) is 79.1 Å². The van der Waals surface area contributed by atoms with Crippen LogP contribution >= 0.6 is 0 Å². The maximum atomic E-state index is 13.6. The second kappa shape index (κ2) is 22.6. The summed E-state index contributed by atoms with van der Waals surface area (Å²) in [6.07, 6.45) is 3.68. The second-order valence-electron chi connectivity index (χ2n) is 11.8. The van der Waals surface area contributed by atoms with Crippen LogP contribution in [0.15, 0.2) is 24.3 Å². The van der Waals surface area contributed by atoms with Crippen LogP contribution in [0, 0.1) is 22.1 Å². The standard InChI is InChI=1S/C31H55N13O4/c1-19(2)25(44-28(47)23(9-7-17-40-31(37)38)42-24(45)10-4-3-5-15-32)29(48)43-22(8-6-16-39-30(35)36)27(46)41-18-20-11-13-21(14-12-20)26(33)34/h11-14,19,22-23,25H,3-10,15-18,32H2,1-2H3,(H3,33,34)(H,41,46)(H,42,45)(H,43,48)(H,44,47)(H4,35,36,39)(H4,37,38,40)/t22-,23-,25?/m0/s1. The van der Waals surface area contributed by atoms with Gasteiger partial charge in [0.05, 0.1) is 0 Å². The minimum absolute atomic E-state index is 0.0728. The Labute approximate surface area is 282 Å². The summed E-state index contributed by atoms with van der Waals surface area (Å²) in [6, 6.07) is 3.87. The molecule has 0 aromatic heterocycles. The first-order chi connectivity index (χ1) is 22.7.